The third-order valence-electron chi connectivity index (χ3n) is 2.57. The van der Waals surface area contributed by atoms with Crippen molar-refractivity contribution in [3.63, 3.8) is 0 Å². The fourth-order valence-corrected chi connectivity index (χ4v) is 1.77. The van der Waals surface area contributed by atoms with E-state index in [1.165, 1.54) is 12.1 Å². The number of amides is 2. The molecule has 1 atom stereocenters. The average molecular weight is 347 g/mol. The van der Waals surface area contributed by atoms with Gasteiger partial charge in [0.05, 0.1) is 4.47 Å². The number of anilines is 1. The lowest BCUT2D eigenvalue weighted by molar-refractivity contribution is -0.141. The summed E-state index contributed by atoms with van der Waals surface area (Å²) in [6.07, 6.45) is 0. The molecule has 0 saturated carbocycles. The number of carbonyl (C=O) groups excluding carboxylic acids is 1. The summed E-state index contributed by atoms with van der Waals surface area (Å²) in [5.74, 6) is -1.65. The molecule has 0 aliphatic carbocycles. The Morgan fingerprint density at radius 1 is 1.35 bits per heavy atom. The summed E-state index contributed by atoms with van der Waals surface area (Å²) in [4.78, 5) is 22.9. The predicted molar refractivity (Wildman–Crippen MR) is 77.1 cm³/mol. The molecular weight excluding hydrogens is 331 g/mol. The lowest BCUT2D eigenvalue weighted by Crippen LogP contribution is -2.50. The number of carbonyl (C=O) groups is 2. The van der Waals surface area contributed by atoms with E-state index in [1.54, 1.807) is 20.8 Å². The van der Waals surface area contributed by atoms with Gasteiger partial charge in [-0.2, -0.15) is 0 Å². The average Bonchev–Trinajstić information content (AvgIpc) is 2.29. The van der Waals surface area contributed by atoms with Crippen LogP contribution >= 0.6 is 15.9 Å². The number of halogens is 2. The number of urea groups is 1. The number of hydrogen-bond donors (Lipinski definition) is 3. The van der Waals surface area contributed by atoms with E-state index in [2.05, 4.69) is 26.6 Å². The van der Waals surface area contributed by atoms with Crippen molar-refractivity contribution < 1.29 is 19.1 Å². The summed E-state index contributed by atoms with van der Waals surface area (Å²) in [7, 11) is 0. The lowest BCUT2D eigenvalue weighted by Gasteiger charge is -2.27. The van der Waals surface area contributed by atoms with Crippen LogP contribution in [-0.4, -0.2) is 23.1 Å². The maximum atomic E-state index is 13.3. The van der Waals surface area contributed by atoms with Crippen LogP contribution in [0.15, 0.2) is 22.7 Å². The van der Waals surface area contributed by atoms with Crippen molar-refractivity contribution in [3.05, 3.63) is 28.5 Å². The predicted octanol–water partition coefficient (Wildman–Crippen LogP) is 3.21. The summed E-state index contributed by atoms with van der Waals surface area (Å²) in [6.45, 7) is 5.10. The molecule has 3 N–H and O–H groups in total. The van der Waals surface area contributed by atoms with Gasteiger partial charge in [0.2, 0.25) is 0 Å². The molecule has 0 saturated heterocycles. The van der Waals surface area contributed by atoms with Crippen LogP contribution in [0.3, 0.4) is 0 Å². The highest BCUT2D eigenvalue weighted by Gasteiger charge is 2.32. The molecule has 0 fully saturated rings. The first kappa shape index (κ1) is 16.4. The van der Waals surface area contributed by atoms with Crippen molar-refractivity contribution in [1.29, 1.82) is 0 Å². The van der Waals surface area contributed by atoms with Gasteiger partial charge < -0.3 is 15.7 Å². The van der Waals surface area contributed by atoms with Crippen molar-refractivity contribution in [1.82, 2.24) is 5.32 Å². The smallest absolute Gasteiger partial charge is 0.326 e. The Hall–Kier alpha value is -1.63. The Labute approximate surface area is 124 Å². The number of carboxylic acid groups (broad SMARTS) is 1. The normalized spacial score (nSPS) is 12.7. The molecule has 0 spiro atoms. The van der Waals surface area contributed by atoms with Gasteiger partial charge in [-0.15, -0.1) is 0 Å². The second kappa shape index (κ2) is 6.21. The van der Waals surface area contributed by atoms with E-state index in [4.69, 9.17) is 5.11 Å². The van der Waals surface area contributed by atoms with Gasteiger partial charge >= 0.3 is 12.0 Å². The zero-order valence-corrected chi connectivity index (χ0v) is 12.9. The van der Waals surface area contributed by atoms with Crippen LogP contribution in [0.4, 0.5) is 14.9 Å². The summed E-state index contributed by atoms with van der Waals surface area (Å²) >= 11 is 3.00. The van der Waals surface area contributed by atoms with Gasteiger partial charge in [0, 0.05) is 5.69 Å². The molecule has 5 nitrogen and oxygen atoms in total. The minimum Gasteiger partial charge on any atom is -0.480 e. The molecule has 20 heavy (non-hydrogen) atoms. The number of hydrogen-bond acceptors (Lipinski definition) is 2. The van der Waals surface area contributed by atoms with Gasteiger partial charge in [-0.25, -0.2) is 14.0 Å². The topological polar surface area (TPSA) is 78.4 Å². The fourth-order valence-electron chi connectivity index (χ4n) is 1.52. The van der Waals surface area contributed by atoms with Gasteiger partial charge in [-0.05, 0) is 39.5 Å². The standard InChI is InChI=1S/C13H16BrFN2O3/c1-13(2,3)10(11(18)19)17-12(20)16-7-4-5-8(14)9(15)6-7/h4-6,10H,1-3H3,(H,18,19)(H2,16,17,20)/t10-/m1/s1. The summed E-state index contributed by atoms with van der Waals surface area (Å²) in [5, 5.41) is 13.8. The zero-order valence-electron chi connectivity index (χ0n) is 11.3. The van der Waals surface area contributed by atoms with Crippen LogP contribution in [0.1, 0.15) is 20.8 Å². The highest BCUT2D eigenvalue weighted by molar-refractivity contribution is 9.10. The Bertz CT molecular complexity index is 529. The van der Waals surface area contributed by atoms with Crippen molar-refractivity contribution in [2.24, 2.45) is 5.41 Å². The molecule has 1 aromatic carbocycles. The van der Waals surface area contributed by atoms with Crippen LogP contribution in [0.5, 0.6) is 0 Å². The number of aliphatic carboxylic acids is 1. The molecule has 2 amide bonds. The van der Waals surface area contributed by atoms with E-state index in [0.717, 1.165) is 6.07 Å². The zero-order chi connectivity index (χ0) is 15.5. The van der Waals surface area contributed by atoms with E-state index in [0.29, 0.717) is 0 Å². The third-order valence-corrected chi connectivity index (χ3v) is 3.21. The van der Waals surface area contributed by atoms with Crippen LogP contribution in [-0.2, 0) is 4.79 Å². The summed E-state index contributed by atoms with van der Waals surface area (Å²) in [5.41, 5.74) is -0.407. The molecule has 1 rings (SSSR count). The lowest BCUT2D eigenvalue weighted by atomic mass is 9.87. The third kappa shape index (κ3) is 4.48. The molecule has 1 aromatic rings. The number of nitrogens with one attached hydrogen (secondary N) is 2. The Morgan fingerprint density at radius 3 is 2.40 bits per heavy atom. The van der Waals surface area contributed by atoms with Crippen LogP contribution in [0.25, 0.3) is 0 Å². The summed E-state index contributed by atoms with van der Waals surface area (Å²) in [6, 6.07) is 2.33. The minimum atomic E-state index is -1.13. The van der Waals surface area contributed by atoms with E-state index in [9.17, 15) is 14.0 Å². The Kier molecular flexibility index (Phi) is 5.10. The molecule has 0 heterocycles. The highest BCUT2D eigenvalue weighted by atomic mass is 79.9. The number of carboxylic acids is 1. The van der Waals surface area contributed by atoms with Gasteiger partial charge in [0.1, 0.15) is 11.9 Å². The molecule has 0 aromatic heterocycles. The van der Waals surface area contributed by atoms with E-state index >= 15 is 0 Å². The molecule has 0 bridgehead atoms. The van der Waals surface area contributed by atoms with Crippen molar-refractivity contribution >= 4 is 33.6 Å². The maximum Gasteiger partial charge on any atom is 0.326 e. The first-order chi connectivity index (χ1) is 9.11. The quantitative estimate of drug-likeness (QED) is 0.786. The van der Waals surface area contributed by atoms with Gasteiger partial charge in [-0.1, -0.05) is 20.8 Å². The van der Waals surface area contributed by atoms with Crippen molar-refractivity contribution in [2.45, 2.75) is 26.8 Å². The van der Waals surface area contributed by atoms with Crippen molar-refractivity contribution in [3.8, 4) is 0 Å². The van der Waals surface area contributed by atoms with Gasteiger partial charge in [0.15, 0.2) is 0 Å². The molecule has 7 heteroatoms. The SMILES string of the molecule is CC(C)(C)[C@H](NC(=O)Nc1ccc(Br)c(F)c1)C(=O)O. The second-order valence-corrected chi connectivity index (χ2v) is 6.22. The molecule has 110 valence electrons. The first-order valence-corrected chi connectivity index (χ1v) is 6.66. The van der Waals surface area contributed by atoms with Crippen molar-refractivity contribution in [2.75, 3.05) is 5.32 Å². The summed E-state index contributed by atoms with van der Waals surface area (Å²) < 4.78 is 13.6. The minimum absolute atomic E-state index is 0.237. The van der Waals surface area contributed by atoms with Crippen LogP contribution in [0, 0.1) is 11.2 Å². The fraction of sp³-hybridized carbons (Fsp3) is 0.385. The second-order valence-electron chi connectivity index (χ2n) is 5.36. The molecule has 0 radical (unpaired) electrons. The largest absolute Gasteiger partial charge is 0.480 e. The molecule has 0 aliphatic heterocycles. The maximum absolute atomic E-state index is 13.3. The first-order valence-electron chi connectivity index (χ1n) is 5.86. The Balaban J connectivity index is 2.76. The molecule has 0 unspecified atom stereocenters. The monoisotopic (exact) mass is 346 g/mol. The number of benzene rings is 1. The van der Waals surface area contributed by atoms with E-state index < -0.39 is 29.3 Å². The Morgan fingerprint density at radius 2 is 1.95 bits per heavy atom. The molecular formula is C13H16BrFN2O3. The van der Waals surface area contributed by atoms with E-state index in [-0.39, 0.29) is 10.2 Å². The van der Waals surface area contributed by atoms with Crippen LogP contribution in [0.2, 0.25) is 0 Å². The van der Waals surface area contributed by atoms with Gasteiger partial charge in [0.25, 0.3) is 0 Å². The van der Waals surface area contributed by atoms with E-state index in [1.807, 2.05) is 0 Å². The van der Waals surface area contributed by atoms with Crippen LogP contribution < -0.4 is 10.6 Å². The van der Waals surface area contributed by atoms with Gasteiger partial charge in [-0.3, -0.25) is 0 Å². The molecule has 0 aliphatic rings. The number of rotatable bonds is 3. The highest BCUT2D eigenvalue weighted by Crippen LogP contribution is 2.21.